The summed E-state index contributed by atoms with van der Waals surface area (Å²) in [7, 11) is -1.58. The van der Waals surface area contributed by atoms with E-state index in [2.05, 4.69) is 22.8 Å². The third kappa shape index (κ3) is 6.49. The van der Waals surface area contributed by atoms with Gasteiger partial charge in [-0.05, 0) is 37.8 Å². The minimum absolute atomic E-state index is 0.0955. The van der Waals surface area contributed by atoms with Gasteiger partial charge in [0.2, 0.25) is 11.8 Å². The zero-order chi connectivity index (χ0) is 18.1. The summed E-state index contributed by atoms with van der Waals surface area (Å²) in [5.74, 6) is -0.426. The molecular formula is C17H26BN3O4. The molecule has 1 aromatic carbocycles. The van der Waals surface area contributed by atoms with Gasteiger partial charge in [0, 0.05) is 6.54 Å². The van der Waals surface area contributed by atoms with Gasteiger partial charge in [0.1, 0.15) is 6.04 Å². The SMILES string of the molecule is O=C(NCB(O)O)C1CCCN1C(=O)CNCCCc1ccccc1. The van der Waals surface area contributed by atoms with Crippen LogP contribution in [0, 0.1) is 0 Å². The molecular weight excluding hydrogens is 321 g/mol. The highest BCUT2D eigenvalue weighted by Gasteiger charge is 2.33. The molecule has 7 nitrogen and oxygen atoms in total. The van der Waals surface area contributed by atoms with Crippen LogP contribution in [-0.2, 0) is 16.0 Å². The molecule has 8 heteroatoms. The summed E-state index contributed by atoms with van der Waals surface area (Å²) >= 11 is 0. The van der Waals surface area contributed by atoms with Crippen LogP contribution in [0.25, 0.3) is 0 Å². The number of benzene rings is 1. The van der Waals surface area contributed by atoms with E-state index in [0.29, 0.717) is 13.0 Å². The second kappa shape index (κ2) is 10.2. The highest BCUT2D eigenvalue weighted by atomic mass is 16.4. The Morgan fingerprint density at radius 3 is 2.72 bits per heavy atom. The molecule has 136 valence electrons. The smallest absolute Gasteiger partial charge is 0.426 e. The van der Waals surface area contributed by atoms with E-state index in [9.17, 15) is 9.59 Å². The minimum Gasteiger partial charge on any atom is -0.426 e. The van der Waals surface area contributed by atoms with E-state index < -0.39 is 13.2 Å². The molecule has 1 unspecified atom stereocenters. The summed E-state index contributed by atoms with van der Waals surface area (Å²) in [5, 5.41) is 23.2. The molecule has 0 aromatic heterocycles. The summed E-state index contributed by atoms with van der Waals surface area (Å²) < 4.78 is 0. The lowest BCUT2D eigenvalue weighted by atomic mass is 9.92. The number of amides is 2. The highest BCUT2D eigenvalue weighted by Crippen LogP contribution is 2.17. The van der Waals surface area contributed by atoms with Gasteiger partial charge in [-0.1, -0.05) is 30.3 Å². The zero-order valence-electron chi connectivity index (χ0n) is 14.4. The van der Waals surface area contributed by atoms with Crippen LogP contribution in [0.3, 0.4) is 0 Å². The highest BCUT2D eigenvalue weighted by molar-refractivity contribution is 6.41. The lowest BCUT2D eigenvalue weighted by molar-refractivity contribution is -0.137. The zero-order valence-corrected chi connectivity index (χ0v) is 14.4. The largest absolute Gasteiger partial charge is 0.472 e. The number of aryl methyl sites for hydroxylation is 1. The predicted octanol–water partition coefficient (Wildman–Crippen LogP) is -0.672. The van der Waals surface area contributed by atoms with Crippen LogP contribution in [0.1, 0.15) is 24.8 Å². The first-order chi connectivity index (χ1) is 12.1. The Hall–Kier alpha value is -1.90. The summed E-state index contributed by atoms with van der Waals surface area (Å²) in [5.41, 5.74) is 1.28. The van der Waals surface area contributed by atoms with Crippen molar-refractivity contribution in [2.75, 3.05) is 26.1 Å². The molecule has 0 radical (unpaired) electrons. The van der Waals surface area contributed by atoms with Crippen molar-refractivity contribution in [2.24, 2.45) is 0 Å². The fourth-order valence-corrected chi connectivity index (χ4v) is 3.01. The Labute approximate surface area is 148 Å². The molecule has 1 aliphatic rings. The molecule has 2 amide bonds. The van der Waals surface area contributed by atoms with Crippen molar-refractivity contribution < 1.29 is 19.6 Å². The molecule has 0 aliphatic carbocycles. The molecule has 0 spiro atoms. The van der Waals surface area contributed by atoms with Crippen LogP contribution in [0.5, 0.6) is 0 Å². The van der Waals surface area contributed by atoms with Crippen molar-refractivity contribution in [2.45, 2.75) is 31.7 Å². The van der Waals surface area contributed by atoms with Crippen molar-refractivity contribution in [1.29, 1.82) is 0 Å². The van der Waals surface area contributed by atoms with Gasteiger partial charge in [-0.15, -0.1) is 0 Å². The van der Waals surface area contributed by atoms with Crippen molar-refractivity contribution >= 4 is 18.9 Å². The van der Waals surface area contributed by atoms with E-state index in [-0.39, 0.29) is 24.8 Å². The maximum absolute atomic E-state index is 12.3. The quantitative estimate of drug-likeness (QED) is 0.351. The van der Waals surface area contributed by atoms with Crippen LogP contribution in [0.2, 0.25) is 0 Å². The lowest BCUT2D eigenvalue weighted by Crippen LogP contribution is -2.50. The Kier molecular flexibility index (Phi) is 7.91. The first kappa shape index (κ1) is 19.4. The summed E-state index contributed by atoms with van der Waals surface area (Å²) in [6, 6.07) is 9.67. The Morgan fingerprint density at radius 2 is 2.00 bits per heavy atom. The summed E-state index contributed by atoms with van der Waals surface area (Å²) in [6.07, 6.45) is 3.05. The first-order valence-electron chi connectivity index (χ1n) is 8.76. The first-order valence-corrected chi connectivity index (χ1v) is 8.76. The normalized spacial score (nSPS) is 16.7. The van der Waals surface area contributed by atoms with Gasteiger partial charge < -0.3 is 25.6 Å². The fraction of sp³-hybridized carbons (Fsp3) is 0.529. The molecule has 0 saturated carbocycles. The van der Waals surface area contributed by atoms with Gasteiger partial charge in [-0.3, -0.25) is 9.59 Å². The molecule has 1 fully saturated rings. The van der Waals surface area contributed by atoms with Crippen molar-refractivity contribution in [3.05, 3.63) is 35.9 Å². The number of hydrogen-bond donors (Lipinski definition) is 4. The van der Waals surface area contributed by atoms with Gasteiger partial charge in [0.25, 0.3) is 0 Å². The predicted molar refractivity (Wildman–Crippen MR) is 95.6 cm³/mol. The number of rotatable bonds is 9. The maximum atomic E-state index is 12.3. The third-order valence-corrected chi connectivity index (χ3v) is 4.27. The van der Waals surface area contributed by atoms with Crippen molar-refractivity contribution in [1.82, 2.24) is 15.5 Å². The van der Waals surface area contributed by atoms with E-state index in [1.54, 1.807) is 4.90 Å². The van der Waals surface area contributed by atoms with E-state index in [0.717, 1.165) is 25.8 Å². The third-order valence-electron chi connectivity index (χ3n) is 4.27. The average Bonchev–Trinajstić information content (AvgIpc) is 3.10. The lowest BCUT2D eigenvalue weighted by Gasteiger charge is -2.24. The number of likely N-dealkylation sites (tertiary alicyclic amines) is 1. The number of nitrogens with zero attached hydrogens (tertiary/aromatic N) is 1. The molecule has 2 rings (SSSR count). The molecule has 1 saturated heterocycles. The molecule has 25 heavy (non-hydrogen) atoms. The van der Waals surface area contributed by atoms with Crippen LogP contribution < -0.4 is 10.6 Å². The molecule has 1 aliphatic heterocycles. The van der Waals surface area contributed by atoms with Gasteiger partial charge in [-0.25, -0.2) is 0 Å². The monoisotopic (exact) mass is 347 g/mol. The number of nitrogens with one attached hydrogen (secondary N) is 2. The number of hydrogen-bond acceptors (Lipinski definition) is 5. The van der Waals surface area contributed by atoms with Crippen LogP contribution in [0.4, 0.5) is 0 Å². The topological polar surface area (TPSA) is 102 Å². The second-order valence-corrected chi connectivity index (χ2v) is 6.24. The van der Waals surface area contributed by atoms with Crippen LogP contribution in [0.15, 0.2) is 30.3 Å². The van der Waals surface area contributed by atoms with Crippen molar-refractivity contribution in [3.8, 4) is 0 Å². The maximum Gasteiger partial charge on any atom is 0.472 e. The average molecular weight is 347 g/mol. The van der Waals surface area contributed by atoms with Gasteiger partial charge in [0.15, 0.2) is 0 Å². The number of carbonyl (C=O) groups excluding carboxylic acids is 2. The Balaban J connectivity index is 1.67. The fourth-order valence-electron chi connectivity index (χ4n) is 3.01. The molecule has 4 N–H and O–H groups in total. The summed E-state index contributed by atoms with van der Waals surface area (Å²) in [4.78, 5) is 25.9. The van der Waals surface area contributed by atoms with Crippen LogP contribution in [-0.4, -0.2) is 66.0 Å². The van der Waals surface area contributed by atoms with Gasteiger partial charge >= 0.3 is 7.12 Å². The molecule has 1 heterocycles. The minimum atomic E-state index is -1.58. The number of carbonyl (C=O) groups is 2. The molecule has 1 aromatic rings. The van der Waals surface area contributed by atoms with E-state index in [4.69, 9.17) is 10.0 Å². The Morgan fingerprint density at radius 1 is 1.24 bits per heavy atom. The van der Waals surface area contributed by atoms with Gasteiger partial charge in [0.05, 0.1) is 13.0 Å². The van der Waals surface area contributed by atoms with Gasteiger partial charge in [-0.2, -0.15) is 0 Å². The second-order valence-electron chi connectivity index (χ2n) is 6.24. The van der Waals surface area contributed by atoms with Crippen molar-refractivity contribution in [3.63, 3.8) is 0 Å². The van der Waals surface area contributed by atoms with E-state index in [1.165, 1.54) is 5.56 Å². The Bertz CT molecular complexity index is 556. The molecule has 1 atom stereocenters. The molecule has 0 bridgehead atoms. The van der Waals surface area contributed by atoms with E-state index in [1.807, 2.05) is 18.2 Å². The standard InChI is InChI=1S/C17H26BN3O4/c22-16(12-19-10-4-8-14-6-2-1-3-7-14)21-11-5-9-15(21)17(23)20-13-18(24)25/h1-3,6-7,15,19,24-25H,4-5,8-13H2,(H,20,23). The summed E-state index contributed by atoms with van der Waals surface area (Å²) in [6.45, 7) is 1.51. The van der Waals surface area contributed by atoms with Crippen LogP contribution >= 0.6 is 0 Å². The van der Waals surface area contributed by atoms with E-state index >= 15 is 0 Å².